The van der Waals surface area contributed by atoms with Crippen LogP contribution >= 0.6 is 0 Å². The van der Waals surface area contributed by atoms with Gasteiger partial charge in [-0.3, -0.25) is 4.79 Å². The highest BCUT2D eigenvalue weighted by Gasteiger charge is 2.22. The van der Waals surface area contributed by atoms with E-state index in [1.807, 2.05) is 30.3 Å². The summed E-state index contributed by atoms with van der Waals surface area (Å²) in [6, 6.07) is 8.78. The summed E-state index contributed by atoms with van der Waals surface area (Å²) in [4.78, 5) is 12.1. The molecule has 0 bridgehead atoms. The van der Waals surface area contributed by atoms with E-state index in [0.717, 1.165) is 5.56 Å². The number of amides is 1. The zero-order valence-electron chi connectivity index (χ0n) is 9.73. The number of benzene rings is 1. The van der Waals surface area contributed by atoms with Gasteiger partial charge in [-0.1, -0.05) is 36.4 Å². The molecule has 6 nitrogen and oxygen atoms in total. The molecule has 0 aliphatic heterocycles. The number of nitrogens with one attached hydrogen (secondary N) is 1. The van der Waals surface area contributed by atoms with Crippen LogP contribution in [-0.4, -0.2) is 32.7 Å². The van der Waals surface area contributed by atoms with Crippen molar-refractivity contribution in [1.29, 1.82) is 0 Å². The van der Waals surface area contributed by atoms with Crippen molar-refractivity contribution >= 4 is 5.91 Å². The molecule has 2 aromatic rings. The minimum atomic E-state index is -0.568. The summed E-state index contributed by atoms with van der Waals surface area (Å²) in [5, 5.41) is 13.7. The van der Waals surface area contributed by atoms with E-state index in [9.17, 15) is 4.79 Å². The highest BCUT2D eigenvalue weighted by atomic mass is 16.2. The second-order valence-corrected chi connectivity index (χ2v) is 3.64. The summed E-state index contributed by atoms with van der Waals surface area (Å²) in [5.41, 5.74) is 0.825. The first-order valence-electron chi connectivity index (χ1n) is 5.49. The topological polar surface area (TPSA) is 72.7 Å². The molecular formula is C12H13N5O. The Balaban J connectivity index is 2.29. The van der Waals surface area contributed by atoms with E-state index in [2.05, 4.69) is 27.4 Å². The highest BCUT2D eigenvalue weighted by molar-refractivity contribution is 5.83. The van der Waals surface area contributed by atoms with Crippen molar-refractivity contribution < 1.29 is 4.79 Å². The molecule has 0 fully saturated rings. The minimum Gasteiger partial charge on any atom is -0.350 e. The Hall–Kier alpha value is -2.50. The quantitative estimate of drug-likeness (QED) is 0.779. The molecule has 2 rings (SSSR count). The van der Waals surface area contributed by atoms with Crippen molar-refractivity contribution in [3.8, 4) is 0 Å². The third kappa shape index (κ3) is 2.60. The molecule has 0 radical (unpaired) electrons. The van der Waals surface area contributed by atoms with Crippen molar-refractivity contribution in [3.63, 3.8) is 0 Å². The van der Waals surface area contributed by atoms with E-state index >= 15 is 0 Å². The van der Waals surface area contributed by atoms with Gasteiger partial charge in [0.1, 0.15) is 6.33 Å². The molecule has 1 aromatic heterocycles. The van der Waals surface area contributed by atoms with Gasteiger partial charge < -0.3 is 5.32 Å². The monoisotopic (exact) mass is 243 g/mol. The predicted octanol–water partition coefficient (Wildman–Crippen LogP) is 0.565. The maximum atomic E-state index is 12.1. The normalized spacial score (nSPS) is 11.8. The summed E-state index contributed by atoms with van der Waals surface area (Å²) in [5.74, 6) is -0.173. The lowest BCUT2D eigenvalue weighted by atomic mass is 10.1. The van der Waals surface area contributed by atoms with Gasteiger partial charge in [0.05, 0.1) is 0 Å². The van der Waals surface area contributed by atoms with Gasteiger partial charge in [-0.25, -0.2) is 4.68 Å². The standard InChI is InChI=1S/C12H13N5O/c1-2-8-13-12(18)11(17-9-14-15-16-17)10-6-4-3-5-7-10/h2-7,9,11H,1,8H2,(H,13,18)/t11-/m1/s1. The number of aromatic nitrogens is 4. The molecule has 1 amide bonds. The minimum absolute atomic E-state index is 0.173. The van der Waals surface area contributed by atoms with E-state index < -0.39 is 6.04 Å². The van der Waals surface area contributed by atoms with Crippen molar-refractivity contribution in [1.82, 2.24) is 25.5 Å². The van der Waals surface area contributed by atoms with E-state index in [4.69, 9.17) is 0 Å². The van der Waals surface area contributed by atoms with Crippen LogP contribution in [0.4, 0.5) is 0 Å². The van der Waals surface area contributed by atoms with Crippen LogP contribution in [0.1, 0.15) is 11.6 Å². The number of carbonyl (C=O) groups is 1. The van der Waals surface area contributed by atoms with Crippen LogP contribution in [0.5, 0.6) is 0 Å². The highest BCUT2D eigenvalue weighted by Crippen LogP contribution is 2.16. The van der Waals surface area contributed by atoms with Crippen LogP contribution in [0.15, 0.2) is 49.3 Å². The molecule has 1 heterocycles. The van der Waals surface area contributed by atoms with Gasteiger partial charge in [0.25, 0.3) is 0 Å². The van der Waals surface area contributed by atoms with Crippen molar-refractivity contribution in [3.05, 3.63) is 54.9 Å². The summed E-state index contributed by atoms with van der Waals surface area (Å²) < 4.78 is 1.42. The first kappa shape index (κ1) is 12.0. The Labute approximate surface area is 104 Å². The Morgan fingerprint density at radius 1 is 1.44 bits per heavy atom. The molecule has 0 unspecified atom stereocenters. The average Bonchev–Trinajstić information content (AvgIpc) is 2.92. The van der Waals surface area contributed by atoms with Crippen molar-refractivity contribution in [2.45, 2.75) is 6.04 Å². The SMILES string of the molecule is C=CCNC(=O)[C@@H](c1ccccc1)n1cnnn1. The van der Waals surface area contributed by atoms with Crippen LogP contribution in [0.25, 0.3) is 0 Å². The Bertz CT molecular complexity index is 509. The number of carbonyl (C=O) groups excluding carboxylic acids is 1. The summed E-state index contributed by atoms with van der Waals surface area (Å²) >= 11 is 0. The number of rotatable bonds is 5. The van der Waals surface area contributed by atoms with Gasteiger partial charge in [0.15, 0.2) is 6.04 Å². The zero-order valence-corrected chi connectivity index (χ0v) is 9.73. The molecule has 1 N–H and O–H groups in total. The fourth-order valence-electron chi connectivity index (χ4n) is 1.62. The molecule has 1 atom stereocenters. The average molecular weight is 243 g/mol. The van der Waals surface area contributed by atoms with Crippen LogP contribution in [0.2, 0.25) is 0 Å². The predicted molar refractivity (Wildman–Crippen MR) is 65.6 cm³/mol. The van der Waals surface area contributed by atoms with E-state index in [1.165, 1.54) is 11.0 Å². The summed E-state index contributed by atoms with van der Waals surface area (Å²) in [7, 11) is 0. The second kappa shape index (κ2) is 5.72. The van der Waals surface area contributed by atoms with Crippen LogP contribution in [0.3, 0.4) is 0 Å². The largest absolute Gasteiger partial charge is 0.350 e. The van der Waals surface area contributed by atoms with E-state index in [0.29, 0.717) is 6.54 Å². The first-order chi connectivity index (χ1) is 8.83. The molecule has 0 aliphatic carbocycles. The lowest BCUT2D eigenvalue weighted by molar-refractivity contribution is -0.123. The van der Waals surface area contributed by atoms with Gasteiger partial charge in [-0.2, -0.15) is 0 Å². The molecule has 0 aliphatic rings. The van der Waals surface area contributed by atoms with Gasteiger partial charge in [-0.15, -0.1) is 11.7 Å². The molecule has 1 aromatic carbocycles. The number of hydrogen-bond donors (Lipinski definition) is 1. The summed E-state index contributed by atoms with van der Waals surface area (Å²) in [6.45, 7) is 3.97. The van der Waals surface area contributed by atoms with Crippen LogP contribution in [0, 0.1) is 0 Å². The number of tetrazole rings is 1. The third-order valence-corrected chi connectivity index (χ3v) is 2.41. The molecule has 0 saturated carbocycles. The smallest absolute Gasteiger partial charge is 0.249 e. The first-order valence-corrected chi connectivity index (χ1v) is 5.49. The molecule has 0 spiro atoms. The van der Waals surface area contributed by atoms with Gasteiger partial charge in [0, 0.05) is 6.54 Å². The second-order valence-electron chi connectivity index (χ2n) is 3.64. The van der Waals surface area contributed by atoms with Crippen molar-refractivity contribution in [2.24, 2.45) is 0 Å². The van der Waals surface area contributed by atoms with Gasteiger partial charge in [0.2, 0.25) is 5.91 Å². The van der Waals surface area contributed by atoms with Crippen LogP contribution < -0.4 is 5.32 Å². The molecule has 18 heavy (non-hydrogen) atoms. The molecule has 92 valence electrons. The molecular weight excluding hydrogens is 230 g/mol. The third-order valence-electron chi connectivity index (χ3n) is 2.41. The Kier molecular flexibility index (Phi) is 3.80. The van der Waals surface area contributed by atoms with Crippen molar-refractivity contribution in [2.75, 3.05) is 6.54 Å². The Morgan fingerprint density at radius 2 is 2.22 bits per heavy atom. The fourth-order valence-corrected chi connectivity index (χ4v) is 1.62. The van der Waals surface area contributed by atoms with E-state index in [1.54, 1.807) is 6.08 Å². The number of nitrogens with zero attached hydrogens (tertiary/aromatic N) is 4. The van der Waals surface area contributed by atoms with Gasteiger partial charge >= 0.3 is 0 Å². The Morgan fingerprint density at radius 3 is 2.83 bits per heavy atom. The molecule has 6 heteroatoms. The molecule has 0 saturated heterocycles. The summed E-state index contributed by atoms with van der Waals surface area (Å²) in [6.07, 6.45) is 3.05. The van der Waals surface area contributed by atoms with Gasteiger partial charge in [-0.05, 0) is 16.0 Å². The lowest BCUT2D eigenvalue weighted by Gasteiger charge is -2.15. The van der Waals surface area contributed by atoms with E-state index in [-0.39, 0.29) is 5.91 Å². The zero-order chi connectivity index (χ0) is 12.8. The number of hydrogen-bond acceptors (Lipinski definition) is 4. The maximum Gasteiger partial charge on any atom is 0.249 e. The lowest BCUT2D eigenvalue weighted by Crippen LogP contribution is -2.33. The maximum absolute atomic E-state index is 12.1. The fraction of sp³-hybridized carbons (Fsp3) is 0.167. The van der Waals surface area contributed by atoms with Crippen LogP contribution in [-0.2, 0) is 4.79 Å².